The van der Waals surface area contributed by atoms with Gasteiger partial charge in [-0.1, -0.05) is 6.07 Å². The fourth-order valence-electron chi connectivity index (χ4n) is 2.75. The molecule has 1 aromatic heterocycles. The Morgan fingerprint density at radius 3 is 3.00 bits per heavy atom. The van der Waals surface area contributed by atoms with Gasteiger partial charge in [0.1, 0.15) is 5.82 Å². The maximum atomic E-state index is 13.7. The number of rotatable bonds is 3. The van der Waals surface area contributed by atoms with Crippen LogP contribution in [0.1, 0.15) is 22.0 Å². The molecule has 0 bridgehead atoms. The van der Waals surface area contributed by atoms with Crippen molar-refractivity contribution in [3.05, 3.63) is 55.9 Å². The van der Waals surface area contributed by atoms with Gasteiger partial charge >= 0.3 is 0 Å². The summed E-state index contributed by atoms with van der Waals surface area (Å²) in [5.41, 5.74) is 8.28. The molecule has 0 fully saturated rings. The lowest BCUT2D eigenvalue weighted by molar-refractivity contribution is 0.185. The van der Waals surface area contributed by atoms with Gasteiger partial charge in [0.25, 0.3) is 0 Å². The molecule has 1 aliphatic heterocycles. The number of hydrogen-bond donors (Lipinski definition) is 1. The highest BCUT2D eigenvalue weighted by atomic mass is 79.9. The molecule has 0 saturated heterocycles. The standard InChI is InChI=1S/C15H16BrFN2S/c16-12-2-1-10(7-13(12)17)14(8-18)19-5-3-15-11(9-19)4-6-20-15/h1-2,4,6-7,14H,3,5,8-9,18H2. The molecule has 20 heavy (non-hydrogen) atoms. The quantitative estimate of drug-likeness (QED) is 0.910. The first kappa shape index (κ1) is 14.2. The molecular weight excluding hydrogens is 339 g/mol. The lowest BCUT2D eigenvalue weighted by Gasteiger charge is -2.34. The van der Waals surface area contributed by atoms with Crippen LogP contribution in [0.2, 0.25) is 0 Å². The van der Waals surface area contributed by atoms with Crippen LogP contribution in [0.4, 0.5) is 4.39 Å². The molecule has 1 aliphatic rings. The highest BCUT2D eigenvalue weighted by Crippen LogP contribution is 2.31. The molecule has 2 aromatic rings. The number of benzene rings is 1. The van der Waals surface area contributed by atoms with E-state index in [2.05, 4.69) is 32.3 Å². The molecule has 0 radical (unpaired) electrons. The van der Waals surface area contributed by atoms with E-state index in [-0.39, 0.29) is 11.9 Å². The van der Waals surface area contributed by atoms with Gasteiger partial charge in [0.05, 0.1) is 4.47 Å². The van der Waals surface area contributed by atoms with Crippen molar-refractivity contribution in [3.8, 4) is 0 Å². The molecule has 0 aliphatic carbocycles. The third kappa shape index (κ3) is 2.68. The van der Waals surface area contributed by atoms with E-state index < -0.39 is 0 Å². The zero-order chi connectivity index (χ0) is 14.1. The van der Waals surface area contributed by atoms with Crippen molar-refractivity contribution >= 4 is 27.3 Å². The fourth-order valence-corrected chi connectivity index (χ4v) is 3.89. The van der Waals surface area contributed by atoms with E-state index in [9.17, 15) is 4.39 Å². The molecule has 5 heteroatoms. The van der Waals surface area contributed by atoms with Gasteiger partial charge < -0.3 is 5.73 Å². The van der Waals surface area contributed by atoms with Crippen molar-refractivity contribution in [1.82, 2.24) is 4.90 Å². The predicted molar refractivity (Wildman–Crippen MR) is 84.3 cm³/mol. The Labute approximate surface area is 130 Å². The summed E-state index contributed by atoms with van der Waals surface area (Å²) < 4.78 is 14.2. The Bertz CT molecular complexity index is 614. The normalized spacial score (nSPS) is 16.9. The first-order valence-corrected chi connectivity index (χ1v) is 8.30. The topological polar surface area (TPSA) is 29.3 Å². The first-order valence-electron chi connectivity index (χ1n) is 6.63. The van der Waals surface area contributed by atoms with Crippen LogP contribution in [0, 0.1) is 5.82 Å². The van der Waals surface area contributed by atoms with Gasteiger partial charge in [-0.05, 0) is 57.1 Å². The zero-order valence-electron chi connectivity index (χ0n) is 11.0. The highest BCUT2D eigenvalue weighted by Gasteiger charge is 2.24. The molecule has 0 saturated carbocycles. The second kappa shape index (κ2) is 5.93. The molecular formula is C15H16BrFN2S. The summed E-state index contributed by atoms with van der Waals surface area (Å²) in [5, 5.41) is 2.14. The first-order chi connectivity index (χ1) is 9.69. The number of hydrogen-bond acceptors (Lipinski definition) is 3. The molecule has 106 valence electrons. The van der Waals surface area contributed by atoms with Crippen LogP contribution in [0.25, 0.3) is 0 Å². The van der Waals surface area contributed by atoms with Gasteiger partial charge in [-0.3, -0.25) is 4.90 Å². The molecule has 0 spiro atoms. The van der Waals surface area contributed by atoms with Crippen LogP contribution in [0.3, 0.4) is 0 Å². The summed E-state index contributed by atoms with van der Waals surface area (Å²) in [6, 6.07) is 7.55. The number of fused-ring (bicyclic) bond motifs is 1. The molecule has 1 unspecified atom stereocenters. The van der Waals surface area contributed by atoms with Crippen LogP contribution >= 0.6 is 27.3 Å². The molecule has 2 heterocycles. The zero-order valence-corrected chi connectivity index (χ0v) is 13.4. The highest BCUT2D eigenvalue weighted by molar-refractivity contribution is 9.10. The summed E-state index contributed by atoms with van der Waals surface area (Å²) in [4.78, 5) is 3.82. The van der Waals surface area contributed by atoms with Gasteiger partial charge in [-0.15, -0.1) is 11.3 Å². The smallest absolute Gasteiger partial charge is 0.137 e. The summed E-state index contributed by atoms with van der Waals surface area (Å²) in [7, 11) is 0. The Hall–Kier alpha value is -0.750. The van der Waals surface area contributed by atoms with Crippen molar-refractivity contribution in [2.75, 3.05) is 13.1 Å². The Balaban J connectivity index is 1.85. The minimum absolute atomic E-state index is 0.0747. The van der Waals surface area contributed by atoms with Crippen molar-refractivity contribution in [2.45, 2.75) is 19.0 Å². The lowest BCUT2D eigenvalue weighted by Crippen LogP contribution is -2.37. The summed E-state index contributed by atoms with van der Waals surface area (Å²) in [5.74, 6) is -0.228. The van der Waals surface area contributed by atoms with Crippen molar-refractivity contribution in [1.29, 1.82) is 0 Å². The molecule has 1 aromatic carbocycles. The van der Waals surface area contributed by atoms with E-state index in [4.69, 9.17) is 5.73 Å². The summed E-state index contributed by atoms with van der Waals surface area (Å²) in [6.45, 7) is 2.38. The van der Waals surface area contributed by atoms with Crippen LogP contribution in [0.15, 0.2) is 34.1 Å². The van der Waals surface area contributed by atoms with Gasteiger partial charge in [-0.2, -0.15) is 0 Å². The van der Waals surface area contributed by atoms with Crippen LogP contribution in [0.5, 0.6) is 0 Å². The van der Waals surface area contributed by atoms with Gasteiger partial charge in [-0.25, -0.2) is 4.39 Å². The van der Waals surface area contributed by atoms with E-state index >= 15 is 0 Å². The Morgan fingerprint density at radius 2 is 2.25 bits per heavy atom. The molecule has 0 amide bonds. The maximum absolute atomic E-state index is 13.7. The largest absolute Gasteiger partial charge is 0.329 e. The van der Waals surface area contributed by atoms with E-state index in [0.717, 1.165) is 25.1 Å². The van der Waals surface area contributed by atoms with Crippen molar-refractivity contribution in [2.24, 2.45) is 5.73 Å². The molecule has 2 nitrogen and oxygen atoms in total. The van der Waals surface area contributed by atoms with Crippen LogP contribution in [-0.4, -0.2) is 18.0 Å². The van der Waals surface area contributed by atoms with E-state index in [1.54, 1.807) is 12.1 Å². The fraction of sp³-hybridized carbons (Fsp3) is 0.333. The summed E-state index contributed by atoms with van der Waals surface area (Å²) in [6.07, 6.45) is 1.06. The minimum Gasteiger partial charge on any atom is -0.329 e. The van der Waals surface area contributed by atoms with Gasteiger partial charge in [0, 0.05) is 30.6 Å². The summed E-state index contributed by atoms with van der Waals surface area (Å²) >= 11 is 5.02. The monoisotopic (exact) mass is 354 g/mol. The number of nitrogens with two attached hydrogens (primary N) is 1. The number of thiophene rings is 1. The number of halogens is 2. The van der Waals surface area contributed by atoms with E-state index in [1.165, 1.54) is 10.4 Å². The van der Waals surface area contributed by atoms with Gasteiger partial charge in [0.2, 0.25) is 0 Å². The van der Waals surface area contributed by atoms with Crippen LogP contribution < -0.4 is 5.73 Å². The molecule has 1 atom stereocenters. The Kier molecular flexibility index (Phi) is 4.21. The third-order valence-electron chi connectivity index (χ3n) is 3.83. The second-order valence-corrected chi connectivity index (χ2v) is 6.87. The molecule has 2 N–H and O–H groups in total. The van der Waals surface area contributed by atoms with Crippen LogP contribution in [-0.2, 0) is 13.0 Å². The lowest BCUT2D eigenvalue weighted by atomic mass is 10.0. The van der Waals surface area contributed by atoms with E-state index in [0.29, 0.717) is 11.0 Å². The Morgan fingerprint density at radius 1 is 1.40 bits per heavy atom. The molecule has 3 rings (SSSR count). The third-order valence-corrected chi connectivity index (χ3v) is 5.50. The number of nitrogens with zero attached hydrogens (tertiary/aromatic N) is 1. The average molecular weight is 355 g/mol. The minimum atomic E-state index is -0.228. The van der Waals surface area contributed by atoms with E-state index in [1.807, 2.05) is 17.4 Å². The SMILES string of the molecule is NCC(c1ccc(Br)c(F)c1)N1CCc2sccc2C1. The second-order valence-electron chi connectivity index (χ2n) is 5.01. The van der Waals surface area contributed by atoms with Gasteiger partial charge in [0.15, 0.2) is 0 Å². The van der Waals surface area contributed by atoms with Crippen molar-refractivity contribution in [3.63, 3.8) is 0 Å². The maximum Gasteiger partial charge on any atom is 0.137 e. The predicted octanol–water partition coefficient (Wildman–Crippen LogP) is 3.71. The average Bonchev–Trinajstić information content (AvgIpc) is 2.91. The van der Waals surface area contributed by atoms with Crippen molar-refractivity contribution < 1.29 is 4.39 Å².